The minimum atomic E-state index is -2.91. The lowest BCUT2D eigenvalue weighted by Gasteiger charge is -2.17. The summed E-state index contributed by atoms with van der Waals surface area (Å²) >= 11 is 13.3. The summed E-state index contributed by atoms with van der Waals surface area (Å²) in [5, 5.41) is 9.35. The Hall–Kier alpha value is -4.08. The highest BCUT2D eigenvalue weighted by molar-refractivity contribution is 6.41. The number of ether oxygens (including phenoxy) is 2. The van der Waals surface area contributed by atoms with Gasteiger partial charge in [-0.2, -0.15) is 0 Å². The van der Waals surface area contributed by atoms with Gasteiger partial charge in [0.05, 0.1) is 49.4 Å². The summed E-state index contributed by atoms with van der Waals surface area (Å²) in [6.07, 6.45) is 4.83. The van der Waals surface area contributed by atoms with Crippen molar-refractivity contribution in [2.24, 2.45) is 5.92 Å². The molecular weight excluding hydrogens is 551 g/mol. The molecule has 206 valence electrons. The summed E-state index contributed by atoms with van der Waals surface area (Å²) < 4.78 is 55.5. The number of aryl methyl sites for hydroxylation is 1. The predicted octanol–water partition coefficient (Wildman–Crippen LogP) is 7.01. The standard InChI is InChI=1S/C29H28Cl2N6O3/c1-5-22(38)34-18-8-6-7-15(2)26(18)36-29-33-14-17-11-19(35-28(27(17)37-29)32-13-16-9-10-16)23-24(30)20(39-3)12-21(40-4)25(23)31/h5-8,11-12,14,16H,1,9-10,13H2,2-4H3,(H,32,35)(H,34,38)(H,33,36,37)/i3D3,4D3. The summed E-state index contributed by atoms with van der Waals surface area (Å²) in [5.74, 6) is -0.106. The fraction of sp³-hybridized carbons (Fsp3) is 0.241. The van der Waals surface area contributed by atoms with Crippen LogP contribution in [0.15, 0.2) is 49.2 Å². The maximum Gasteiger partial charge on any atom is 0.247 e. The molecule has 2 heterocycles. The van der Waals surface area contributed by atoms with E-state index < -0.39 is 14.1 Å². The molecule has 1 aliphatic rings. The van der Waals surface area contributed by atoms with Crippen molar-refractivity contribution in [2.75, 3.05) is 36.6 Å². The largest absolute Gasteiger partial charge is 0.495 e. The molecule has 0 atom stereocenters. The van der Waals surface area contributed by atoms with Gasteiger partial charge in [0.15, 0.2) is 5.82 Å². The van der Waals surface area contributed by atoms with Gasteiger partial charge >= 0.3 is 0 Å². The Morgan fingerprint density at radius 1 is 1.18 bits per heavy atom. The van der Waals surface area contributed by atoms with Crippen molar-refractivity contribution in [3.8, 4) is 22.8 Å². The minimum Gasteiger partial charge on any atom is -0.495 e. The summed E-state index contributed by atoms with van der Waals surface area (Å²) in [6, 6.07) is 7.99. The van der Waals surface area contributed by atoms with E-state index in [1.807, 2.05) is 13.0 Å². The fourth-order valence-corrected chi connectivity index (χ4v) is 4.73. The van der Waals surface area contributed by atoms with Crippen molar-refractivity contribution < 1.29 is 22.5 Å². The van der Waals surface area contributed by atoms with Crippen molar-refractivity contribution in [2.45, 2.75) is 19.8 Å². The van der Waals surface area contributed by atoms with Gasteiger partial charge in [0.25, 0.3) is 0 Å². The Balaban J connectivity index is 1.64. The number of amides is 1. The minimum absolute atomic E-state index is 0.00887. The Labute approximate surface area is 250 Å². The number of hydrogen-bond donors (Lipinski definition) is 3. The summed E-state index contributed by atoms with van der Waals surface area (Å²) in [7, 11) is -5.83. The molecule has 40 heavy (non-hydrogen) atoms. The molecule has 1 aliphatic carbocycles. The number of benzene rings is 2. The van der Waals surface area contributed by atoms with E-state index in [0.29, 0.717) is 40.6 Å². The van der Waals surface area contributed by atoms with Crippen molar-refractivity contribution in [1.82, 2.24) is 15.0 Å². The highest BCUT2D eigenvalue weighted by Crippen LogP contribution is 2.46. The molecule has 0 saturated heterocycles. The molecule has 0 spiro atoms. The van der Waals surface area contributed by atoms with Gasteiger partial charge in [0.2, 0.25) is 11.9 Å². The van der Waals surface area contributed by atoms with Crippen molar-refractivity contribution in [1.29, 1.82) is 0 Å². The van der Waals surface area contributed by atoms with Crippen LogP contribution in [-0.4, -0.2) is 41.5 Å². The van der Waals surface area contributed by atoms with Gasteiger partial charge in [-0.1, -0.05) is 41.9 Å². The molecule has 11 heteroatoms. The van der Waals surface area contributed by atoms with E-state index in [-0.39, 0.29) is 44.7 Å². The van der Waals surface area contributed by atoms with E-state index in [4.69, 9.17) is 50.9 Å². The lowest BCUT2D eigenvalue weighted by molar-refractivity contribution is -0.111. The number of pyridine rings is 1. The zero-order valence-corrected chi connectivity index (χ0v) is 22.8. The van der Waals surface area contributed by atoms with E-state index in [9.17, 15) is 4.79 Å². The highest BCUT2D eigenvalue weighted by atomic mass is 35.5. The molecule has 5 rings (SSSR count). The first-order valence-corrected chi connectivity index (χ1v) is 13.0. The normalized spacial score (nSPS) is 15.5. The molecule has 0 bridgehead atoms. The molecule has 1 amide bonds. The molecule has 0 unspecified atom stereocenters. The van der Waals surface area contributed by atoms with Gasteiger partial charge in [-0.25, -0.2) is 15.0 Å². The van der Waals surface area contributed by atoms with E-state index in [0.717, 1.165) is 24.5 Å². The van der Waals surface area contributed by atoms with Crippen LogP contribution in [0.25, 0.3) is 22.2 Å². The van der Waals surface area contributed by atoms with Crippen LogP contribution in [0.3, 0.4) is 0 Å². The van der Waals surface area contributed by atoms with Gasteiger partial charge in [-0.15, -0.1) is 0 Å². The highest BCUT2D eigenvalue weighted by Gasteiger charge is 2.24. The van der Waals surface area contributed by atoms with Crippen LogP contribution in [-0.2, 0) is 4.79 Å². The van der Waals surface area contributed by atoms with Crippen LogP contribution in [0, 0.1) is 12.8 Å². The lowest BCUT2D eigenvalue weighted by Crippen LogP contribution is -2.11. The third-order valence-electron chi connectivity index (χ3n) is 6.38. The number of aromatic nitrogens is 3. The number of nitrogens with one attached hydrogen (secondary N) is 3. The number of nitrogens with zero attached hydrogens (tertiary/aromatic N) is 3. The van der Waals surface area contributed by atoms with Crippen LogP contribution in [0.4, 0.5) is 23.1 Å². The molecule has 4 aromatic rings. The first-order chi connectivity index (χ1) is 21.6. The van der Waals surface area contributed by atoms with Gasteiger partial charge in [-0.3, -0.25) is 4.79 Å². The second kappa shape index (κ2) is 11.6. The smallest absolute Gasteiger partial charge is 0.247 e. The van der Waals surface area contributed by atoms with Crippen molar-refractivity contribution in [3.63, 3.8) is 0 Å². The number of fused-ring (bicyclic) bond motifs is 1. The number of rotatable bonds is 10. The van der Waals surface area contributed by atoms with E-state index >= 15 is 0 Å². The van der Waals surface area contributed by atoms with Gasteiger partial charge < -0.3 is 25.4 Å². The molecule has 1 fully saturated rings. The second-order valence-electron chi connectivity index (χ2n) is 9.21. The van der Waals surface area contributed by atoms with E-state index in [1.54, 1.807) is 24.4 Å². The number of methoxy groups -OCH3 is 2. The van der Waals surface area contributed by atoms with Crippen LogP contribution >= 0.6 is 23.2 Å². The quantitative estimate of drug-likeness (QED) is 0.171. The third kappa shape index (κ3) is 5.61. The number of para-hydroxylation sites is 1. The molecule has 1 saturated carbocycles. The van der Waals surface area contributed by atoms with Gasteiger partial charge in [-0.05, 0) is 49.5 Å². The Morgan fingerprint density at radius 3 is 2.60 bits per heavy atom. The molecule has 2 aromatic carbocycles. The monoisotopic (exact) mass is 584 g/mol. The maximum absolute atomic E-state index is 12.0. The first-order valence-electron chi connectivity index (χ1n) is 15.2. The second-order valence-corrected chi connectivity index (χ2v) is 9.96. The molecule has 9 nitrogen and oxygen atoms in total. The van der Waals surface area contributed by atoms with Crippen LogP contribution in [0.5, 0.6) is 11.5 Å². The Bertz CT molecular complexity index is 1790. The predicted molar refractivity (Wildman–Crippen MR) is 160 cm³/mol. The van der Waals surface area contributed by atoms with Gasteiger partial charge in [0, 0.05) is 29.8 Å². The molecule has 0 radical (unpaired) electrons. The average Bonchev–Trinajstić information content (AvgIpc) is 3.79. The zero-order valence-electron chi connectivity index (χ0n) is 27.3. The average molecular weight is 586 g/mol. The number of halogens is 2. The lowest BCUT2D eigenvalue weighted by atomic mass is 10.1. The van der Waals surface area contributed by atoms with E-state index in [1.165, 1.54) is 6.08 Å². The molecule has 2 aromatic heterocycles. The van der Waals surface area contributed by atoms with Crippen LogP contribution in [0.1, 0.15) is 26.6 Å². The van der Waals surface area contributed by atoms with Crippen LogP contribution < -0.4 is 25.4 Å². The topological polar surface area (TPSA) is 110 Å². The molecule has 0 aliphatic heterocycles. The Kier molecular flexibility index (Phi) is 6.01. The number of hydrogen-bond acceptors (Lipinski definition) is 8. The van der Waals surface area contributed by atoms with E-state index in [2.05, 4.69) is 27.5 Å². The maximum atomic E-state index is 12.0. The first kappa shape index (κ1) is 20.8. The number of anilines is 4. The Morgan fingerprint density at radius 2 is 1.93 bits per heavy atom. The van der Waals surface area contributed by atoms with Crippen LogP contribution in [0.2, 0.25) is 10.0 Å². The third-order valence-corrected chi connectivity index (χ3v) is 7.13. The fourth-order valence-electron chi connectivity index (χ4n) is 4.11. The summed E-state index contributed by atoms with van der Waals surface area (Å²) in [6.45, 7) is 5.97. The van der Waals surface area contributed by atoms with Crippen molar-refractivity contribution >= 4 is 63.2 Å². The zero-order chi connectivity index (χ0) is 33.4. The summed E-state index contributed by atoms with van der Waals surface area (Å²) in [4.78, 5) is 26.0. The molecular formula is C29H28Cl2N6O3. The molecule has 3 N–H and O–H groups in total. The van der Waals surface area contributed by atoms with Gasteiger partial charge in [0.1, 0.15) is 17.0 Å². The number of carbonyl (C=O) groups is 1. The van der Waals surface area contributed by atoms with Crippen molar-refractivity contribution in [3.05, 3.63) is 64.8 Å². The SMILES string of the molecule is [2H]C([2H])([2H])Oc1cc(OC([2H])([2H])[2H])c(Cl)c(-c2cc3cnc(Nc4c(C)cccc4NC(=O)C=C)nc3c(NCC3CC3)n2)c1Cl. The summed E-state index contributed by atoms with van der Waals surface area (Å²) in [5.41, 5.74) is 2.50. The number of carbonyl (C=O) groups excluding carboxylic acids is 1.